The average Bonchev–Trinajstić information content (AvgIpc) is 3.63. The van der Waals surface area contributed by atoms with Gasteiger partial charge in [-0.3, -0.25) is 9.48 Å². The van der Waals surface area contributed by atoms with Gasteiger partial charge < -0.3 is 23.9 Å². The highest BCUT2D eigenvalue weighted by atomic mass is 16.7. The molecule has 0 atom stereocenters. The van der Waals surface area contributed by atoms with Gasteiger partial charge in [0.1, 0.15) is 12.0 Å². The van der Waals surface area contributed by atoms with Crippen LogP contribution in [0.25, 0.3) is 0 Å². The molecule has 0 fully saturated rings. The summed E-state index contributed by atoms with van der Waals surface area (Å²) in [4.78, 5) is 16.7. The summed E-state index contributed by atoms with van der Waals surface area (Å²) >= 11 is 0. The topological polar surface area (TPSA) is 114 Å². The second-order valence-corrected chi connectivity index (χ2v) is 7.70. The van der Waals surface area contributed by atoms with Gasteiger partial charge in [0.15, 0.2) is 23.8 Å². The molecule has 1 aliphatic rings. The molecule has 174 valence electrons. The number of nitrogens with one attached hydrogen (secondary N) is 1. The molecular weight excluding hydrogens is 438 g/mol. The van der Waals surface area contributed by atoms with Crippen LogP contribution in [0.15, 0.2) is 65.5 Å². The molecule has 3 heterocycles. The normalized spacial score (nSPS) is 12.0. The van der Waals surface area contributed by atoms with Gasteiger partial charge in [-0.05, 0) is 49.1 Å². The number of anilines is 1. The predicted octanol–water partition coefficient (Wildman–Crippen LogP) is 3.85. The van der Waals surface area contributed by atoms with Crippen molar-refractivity contribution in [2.45, 2.75) is 32.4 Å². The Morgan fingerprint density at radius 1 is 1.09 bits per heavy atom. The zero-order valence-electron chi connectivity index (χ0n) is 18.3. The van der Waals surface area contributed by atoms with Crippen molar-refractivity contribution in [2.24, 2.45) is 0 Å². The number of rotatable bonds is 10. The monoisotopic (exact) mass is 461 g/mol. The fourth-order valence-electron chi connectivity index (χ4n) is 3.50. The molecule has 5 rings (SSSR count). The molecule has 0 saturated heterocycles. The minimum absolute atomic E-state index is 0.120. The molecule has 10 nitrogen and oxygen atoms in total. The lowest BCUT2D eigenvalue weighted by molar-refractivity contribution is 0.102. The van der Waals surface area contributed by atoms with Gasteiger partial charge in [-0.15, -0.1) is 5.10 Å². The highest BCUT2D eigenvalue weighted by molar-refractivity contribution is 6.02. The van der Waals surface area contributed by atoms with E-state index in [2.05, 4.69) is 20.6 Å². The first-order valence-corrected chi connectivity index (χ1v) is 10.9. The molecule has 1 aliphatic heterocycles. The van der Waals surface area contributed by atoms with E-state index in [9.17, 15) is 4.79 Å². The van der Waals surface area contributed by atoms with Gasteiger partial charge in [-0.1, -0.05) is 17.3 Å². The number of amides is 1. The maximum Gasteiger partial charge on any atom is 0.277 e. The van der Waals surface area contributed by atoms with Crippen molar-refractivity contribution in [3.63, 3.8) is 0 Å². The largest absolute Gasteiger partial charge is 0.484 e. The van der Waals surface area contributed by atoms with E-state index in [0.29, 0.717) is 28.8 Å². The molecule has 0 spiro atoms. The molecule has 2 aromatic carbocycles. The Hall–Kier alpha value is -4.34. The van der Waals surface area contributed by atoms with E-state index in [1.54, 1.807) is 24.4 Å². The molecule has 0 saturated carbocycles. The fourth-order valence-corrected chi connectivity index (χ4v) is 3.50. The van der Waals surface area contributed by atoms with Crippen molar-refractivity contribution in [3.05, 3.63) is 78.3 Å². The Bertz CT molecular complexity index is 1240. The number of aryl methyl sites for hydroxylation is 2. The van der Waals surface area contributed by atoms with Crippen molar-refractivity contribution in [1.29, 1.82) is 0 Å². The van der Waals surface area contributed by atoms with Gasteiger partial charge in [0.05, 0.1) is 6.20 Å². The number of carbonyl (C=O) groups is 1. The van der Waals surface area contributed by atoms with Crippen LogP contribution < -0.4 is 19.5 Å². The molecule has 0 unspecified atom stereocenters. The van der Waals surface area contributed by atoms with Crippen molar-refractivity contribution in [1.82, 2.24) is 20.0 Å². The van der Waals surface area contributed by atoms with Gasteiger partial charge in [-0.25, -0.2) is 4.98 Å². The van der Waals surface area contributed by atoms with Crippen molar-refractivity contribution in [3.8, 4) is 17.2 Å². The number of nitrogens with zero attached hydrogens (tertiary/aromatic N) is 4. The summed E-state index contributed by atoms with van der Waals surface area (Å²) < 4.78 is 23.6. The second-order valence-electron chi connectivity index (χ2n) is 7.70. The van der Waals surface area contributed by atoms with Crippen LogP contribution in [0.5, 0.6) is 17.2 Å². The minimum Gasteiger partial charge on any atom is -0.484 e. The van der Waals surface area contributed by atoms with Gasteiger partial charge >= 0.3 is 0 Å². The lowest BCUT2D eigenvalue weighted by atomic mass is 10.1. The standard InChI is InChI=1S/C24H23N5O5/c30-24(26-18-6-9-21-22(13-18)34-16-33-21)20-14-32-23(27-20)15-31-19-7-4-17(5-8-19)3-1-2-11-29-12-10-25-28-29/h4-10,12-14H,1-3,11,15-16H2,(H,26,30). The number of oxazole rings is 1. The number of unbranched alkanes of at least 4 members (excludes halogenated alkanes) is 1. The number of carbonyl (C=O) groups excluding carboxylic acids is 1. The number of fused-ring (bicyclic) bond motifs is 1. The lowest BCUT2D eigenvalue weighted by Crippen LogP contribution is -2.12. The Morgan fingerprint density at radius 2 is 1.97 bits per heavy atom. The van der Waals surface area contributed by atoms with Gasteiger partial charge in [0, 0.05) is 24.5 Å². The Morgan fingerprint density at radius 3 is 2.82 bits per heavy atom. The maximum atomic E-state index is 12.5. The lowest BCUT2D eigenvalue weighted by Gasteiger charge is -2.06. The quantitative estimate of drug-likeness (QED) is 0.354. The van der Waals surface area contributed by atoms with Crippen LogP contribution in [0.2, 0.25) is 0 Å². The number of hydrogen-bond acceptors (Lipinski definition) is 8. The van der Waals surface area contributed by atoms with E-state index in [-0.39, 0.29) is 25.0 Å². The summed E-state index contributed by atoms with van der Waals surface area (Å²) in [5, 5.41) is 10.5. The predicted molar refractivity (Wildman–Crippen MR) is 121 cm³/mol. The third-order valence-corrected chi connectivity index (χ3v) is 5.28. The molecule has 2 aromatic heterocycles. The van der Waals surface area contributed by atoms with Crippen molar-refractivity contribution < 1.29 is 23.4 Å². The molecule has 10 heteroatoms. The molecule has 34 heavy (non-hydrogen) atoms. The number of ether oxygens (including phenoxy) is 3. The Kier molecular flexibility index (Phi) is 6.37. The Balaban J connectivity index is 1.07. The maximum absolute atomic E-state index is 12.5. The Labute approximate surface area is 195 Å². The number of hydrogen-bond donors (Lipinski definition) is 1. The average molecular weight is 461 g/mol. The highest BCUT2D eigenvalue weighted by Crippen LogP contribution is 2.34. The number of aromatic nitrogens is 4. The van der Waals surface area contributed by atoms with Crippen LogP contribution in [0, 0.1) is 0 Å². The molecule has 1 N–H and O–H groups in total. The van der Waals surface area contributed by atoms with Crippen LogP contribution in [0.4, 0.5) is 5.69 Å². The molecule has 0 bridgehead atoms. The van der Waals surface area contributed by atoms with Crippen LogP contribution in [0.1, 0.15) is 34.8 Å². The zero-order chi connectivity index (χ0) is 23.2. The summed E-state index contributed by atoms with van der Waals surface area (Å²) in [6.07, 6.45) is 7.95. The zero-order valence-corrected chi connectivity index (χ0v) is 18.3. The highest BCUT2D eigenvalue weighted by Gasteiger charge is 2.17. The van der Waals surface area contributed by atoms with Gasteiger partial charge in [0.25, 0.3) is 5.91 Å². The first-order chi connectivity index (χ1) is 16.7. The smallest absolute Gasteiger partial charge is 0.277 e. The fraction of sp³-hybridized carbons (Fsp3) is 0.250. The summed E-state index contributed by atoms with van der Waals surface area (Å²) in [5.41, 5.74) is 1.98. The summed E-state index contributed by atoms with van der Waals surface area (Å²) in [6.45, 7) is 1.16. The van der Waals surface area contributed by atoms with Crippen molar-refractivity contribution >= 4 is 11.6 Å². The van der Waals surface area contributed by atoms with E-state index in [1.165, 1.54) is 11.8 Å². The van der Waals surface area contributed by atoms with Crippen LogP contribution in [0.3, 0.4) is 0 Å². The van der Waals surface area contributed by atoms with E-state index in [4.69, 9.17) is 18.6 Å². The first-order valence-electron chi connectivity index (χ1n) is 10.9. The molecule has 0 aliphatic carbocycles. The summed E-state index contributed by atoms with van der Waals surface area (Å²) in [7, 11) is 0. The van der Waals surface area contributed by atoms with Gasteiger partial charge in [-0.2, -0.15) is 0 Å². The summed E-state index contributed by atoms with van der Waals surface area (Å²) in [5.74, 6) is 1.87. The summed E-state index contributed by atoms with van der Waals surface area (Å²) in [6, 6.07) is 13.1. The third kappa shape index (κ3) is 5.34. The third-order valence-electron chi connectivity index (χ3n) is 5.28. The van der Waals surface area contributed by atoms with E-state index in [1.807, 2.05) is 35.1 Å². The first kappa shape index (κ1) is 21.5. The molecule has 1 amide bonds. The van der Waals surface area contributed by atoms with E-state index < -0.39 is 0 Å². The van der Waals surface area contributed by atoms with E-state index >= 15 is 0 Å². The number of benzene rings is 2. The van der Waals surface area contributed by atoms with Crippen LogP contribution >= 0.6 is 0 Å². The van der Waals surface area contributed by atoms with Crippen LogP contribution in [-0.4, -0.2) is 32.7 Å². The second kappa shape index (κ2) is 10.1. The SMILES string of the molecule is O=C(Nc1ccc2c(c1)OCO2)c1coc(COc2ccc(CCCCn3ccnn3)cc2)n1. The molecular formula is C24H23N5O5. The molecule has 4 aromatic rings. The van der Waals surface area contributed by atoms with Gasteiger partial charge in [0.2, 0.25) is 12.7 Å². The van der Waals surface area contributed by atoms with Crippen LogP contribution in [-0.2, 0) is 19.6 Å². The minimum atomic E-state index is -0.387. The van der Waals surface area contributed by atoms with E-state index in [0.717, 1.165) is 25.8 Å². The van der Waals surface area contributed by atoms with Crippen molar-refractivity contribution in [2.75, 3.05) is 12.1 Å². The molecule has 0 radical (unpaired) electrons.